The van der Waals surface area contributed by atoms with Gasteiger partial charge in [0.25, 0.3) is 0 Å². The lowest BCUT2D eigenvalue weighted by Crippen LogP contribution is -2.10. The molecule has 0 unspecified atom stereocenters. The van der Waals surface area contributed by atoms with Crippen molar-refractivity contribution in [2.45, 2.75) is 24.8 Å². The predicted octanol–water partition coefficient (Wildman–Crippen LogP) is 1.24. The third kappa shape index (κ3) is 3.04. The standard InChI is InChI=1S/C10H15N5O2S2/c1-2-3-19(16,17)8-9(11)15-18-10(8)12-4-7-5-13-14-6-7/h5-6,12H,2-4H2,1H3,(H2,11,15)(H,13,14). The van der Waals surface area contributed by atoms with Crippen LogP contribution >= 0.6 is 11.5 Å². The van der Waals surface area contributed by atoms with E-state index in [1.165, 1.54) is 0 Å². The maximum atomic E-state index is 12.1. The first-order valence-corrected chi connectivity index (χ1v) is 8.16. The fourth-order valence-electron chi connectivity index (χ4n) is 1.63. The van der Waals surface area contributed by atoms with Gasteiger partial charge in [0.15, 0.2) is 15.7 Å². The fourth-order valence-corrected chi connectivity index (χ4v) is 4.25. The number of nitrogens with zero attached hydrogens (tertiary/aromatic N) is 2. The van der Waals surface area contributed by atoms with Crippen LogP contribution < -0.4 is 11.1 Å². The van der Waals surface area contributed by atoms with Crippen LogP contribution in [-0.4, -0.2) is 28.7 Å². The maximum absolute atomic E-state index is 12.1. The largest absolute Gasteiger partial charge is 0.382 e. The number of aromatic amines is 1. The molecule has 0 saturated heterocycles. The SMILES string of the molecule is CCCS(=O)(=O)c1c(N)nsc1NCc1cn[nH]c1. The van der Waals surface area contributed by atoms with Gasteiger partial charge in [-0.05, 0) is 18.0 Å². The average molecular weight is 301 g/mol. The van der Waals surface area contributed by atoms with E-state index in [9.17, 15) is 8.42 Å². The highest BCUT2D eigenvalue weighted by atomic mass is 32.2. The van der Waals surface area contributed by atoms with E-state index < -0.39 is 9.84 Å². The van der Waals surface area contributed by atoms with Gasteiger partial charge in [-0.2, -0.15) is 9.47 Å². The zero-order valence-electron chi connectivity index (χ0n) is 10.4. The van der Waals surface area contributed by atoms with Gasteiger partial charge >= 0.3 is 0 Å². The van der Waals surface area contributed by atoms with E-state index in [-0.39, 0.29) is 16.5 Å². The highest BCUT2D eigenvalue weighted by molar-refractivity contribution is 7.91. The Hall–Kier alpha value is -1.61. The Morgan fingerprint density at radius 2 is 2.32 bits per heavy atom. The summed E-state index contributed by atoms with van der Waals surface area (Å²) >= 11 is 1.05. The number of hydrogen-bond acceptors (Lipinski definition) is 7. The Morgan fingerprint density at radius 1 is 1.53 bits per heavy atom. The minimum atomic E-state index is -3.38. The number of aromatic nitrogens is 3. The molecular formula is C10H15N5O2S2. The van der Waals surface area contributed by atoms with Gasteiger partial charge in [0.2, 0.25) is 0 Å². The molecule has 0 spiro atoms. The highest BCUT2D eigenvalue weighted by Crippen LogP contribution is 2.32. The molecule has 0 aliphatic rings. The van der Waals surface area contributed by atoms with E-state index in [4.69, 9.17) is 5.73 Å². The number of nitrogen functional groups attached to an aromatic ring is 1. The zero-order chi connectivity index (χ0) is 13.9. The lowest BCUT2D eigenvalue weighted by atomic mass is 10.4. The number of nitrogens with two attached hydrogens (primary N) is 1. The van der Waals surface area contributed by atoms with Gasteiger partial charge in [-0.25, -0.2) is 8.42 Å². The first-order chi connectivity index (χ1) is 9.04. The van der Waals surface area contributed by atoms with E-state index in [1.807, 2.05) is 6.92 Å². The molecule has 2 aromatic heterocycles. The van der Waals surface area contributed by atoms with E-state index in [2.05, 4.69) is 19.9 Å². The van der Waals surface area contributed by atoms with Gasteiger partial charge in [0, 0.05) is 18.3 Å². The predicted molar refractivity (Wildman–Crippen MR) is 74.8 cm³/mol. The van der Waals surface area contributed by atoms with Gasteiger partial charge in [0.1, 0.15) is 9.90 Å². The normalized spacial score (nSPS) is 11.6. The molecule has 2 aromatic rings. The summed E-state index contributed by atoms with van der Waals surface area (Å²) in [5.41, 5.74) is 6.59. The second-order valence-corrected chi connectivity index (χ2v) is 6.82. The summed E-state index contributed by atoms with van der Waals surface area (Å²) in [6, 6.07) is 0. The number of anilines is 2. The molecule has 7 nitrogen and oxygen atoms in total. The second-order valence-electron chi connectivity index (χ2n) is 4.01. The summed E-state index contributed by atoms with van der Waals surface area (Å²) in [5, 5.41) is 10.0. The summed E-state index contributed by atoms with van der Waals surface area (Å²) in [6.07, 6.45) is 3.94. The summed E-state index contributed by atoms with van der Waals surface area (Å²) < 4.78 is 28.2. The minimum absolute atomic E-state index is 0.0631. The average Bonchev–Trinajstić information content (AvgIpc) is 2.95. The van der Waals surface area contributed by atoms with Crippen molar-refractivity contribution in [1.29, 1.82) is 0 Å². The van der Waals surface area contributed by atoms with Crippen LogP contribution in [0.25, 0.3) is 0 Å². The Kier molecular flexibility index (Phi) is 4.05. The van der Waals surface area contributed by atoms with E-state index in [0.29, 0.717) is 18.0 Å². The van der Waals surface area contributed by atoms with E-state index in [1.54, 1.807) is 12.4 Å². The number of rotatable bonds is 6. The van der Waals surface area contributed by atoms with E-state index in [0.717, 1.165) is 17.1 Å². The zero-order valence-corrected chi connectivity index (χ0v) is 12.0. The van der Waals surface area contributed by atoms with Crippen molar-refractivity contribution in [2.24, 2.45) is 0 Å². The second kappa shape index (κ2) is 5.57. The molecule has 0 aliphatic heterocycles. The summed E-state index contributed by atoms with van der Waals surface area (Å²) in [6.45, 7) is 2.28. The van der Waals surface area contributed by atoms with Crippen molar-refractivity contribution in [3.63, 3.8) is 0 Å². The molecule has 9 heteroatoms. The van der Waals surface area contributed by atoms with Crippen molar-refractivity contribution >= 4 is 32.2 Å². The molecule has 0 amide bonds. The van der Waals surface area contributed by atoms with Crippen LogP contribution in [0.15, 0.2) is 17.3 Å². The van der Waals surface area contributed by atoms with Gasteiger partial charge in [-0.3, -0.25) is 5.10 Å². The monoisotopic (exact) mass is 301 g/mol. The Morgan fingerprint density at radius 3 is 2.95 bits per heavy atom. The molecule has 0 radical (unpaired) electrons. The van der Waals surface area contributed by atoms with Gasteiger partial charge < -0.3 is 11.1 Å². The van der Waals surface area contributed by atoms with Crippen molar-refractivity contribution in [2.75, 3.05) is 16.8 Å². The van der Waals surface area contributed by atoms with Crippen LogP contribution in [0.3, 0.4) is 0 Å². The van der Waals surface area contributed by atoms with Crippen LogP contribution in [0.4, 0.5) is 10.8 Å². The molecule has 0 atom stereocenters. The van der Waals surface area contributed by atoms with Gasteiger partial charge in [0.05, 0.1) is 11.9 Å². The minimum Gasteiger partial charge on any atom is -0.382 e. The molecule has 0 aliphatic carbocycles. The van der Waals surface area contributed by atoms with Crippen LogP contribution in [0.2, 0.25) is 0 Å². The van der Waals surface area contributed by atoms with Gasteiger partial charge in [-0.1, -0.05) is 6.92 Å². The summed E-state index contributed by atoms with van der Waals surface area (Å²) in [4.78, 5) is 0.114. The molecule has 0 fully saturated rings. The number of hydrogen-bond donors (Lipinski definition) is 3. The van der Waals surface area contributed by atoms with Gasteiger partial charge in [-0.15, -0.1) is 0 Å². The summed E-state index contributed by atoms with van der Waals surface area (Å²) in [5.74, 6) is 0.129. The first kappa shape index (κ1) is 13.8. The summed E-state index contributed by atoms with van der Waals surface area (Å²) in [7, 11) is -3.38. The van der Waals surface area contributed by atoms with Crippen LogP contribution in [0, 0.1) is 0 Å². The van der Waals surface area contributed by atoms with Crippen LogP contribution in [-0.2, 0) is 16.4 Å². The molecule has 2 heterocycles. The lowest BCUT2D eigenvalue weighted by Gasteiger charge is -2.06. The molecular weight excluding hydrogens is 286 g/mol. The first-order valence-electron chi connectivity index (χ1n) is 5.74. The fraction of sp³-hybridized carbons (Fsp3) is 0.400. The molecule has 0 saturated carbocycles. The van der Waals surface area contributed by atoms with Crippen molar-refractivity contribution in [3.8, 4) is 0 Å². The quantitative estimate of drug-likeness (QED) is 0.739. The molecule has 19 heavy (non-hydrogen) atoms. The molecule has 104 valence electrons. The molecule has 0 bridgehead atoms. The van der Waals surface area contributed by atoms with Crippen molar-refractivity contribution in [1.82, 2.24) is 14.6 Å². The third-order valence-electron chi connectivity index (χ3n) is 2.47. The molecule has 4 N–H and O–H groups in total. The Balaban J connectivity index is 2.22. The topological polar surface area (TPSA) is 114 Å². The Labute approximate surface area is 115 Å². The van der Waals surface area contributed by atoms with E-state index >= 15 is 0 Å². The highest BCUT2D eigenvalue weighted by Gasteiger charge is 2.24. The smallest absolute Gasteiger partial charge is 0.185 e. The van der Waals surface area contributed by atoms with Crippen molar-refractivity contribution in [3.05, 3.63) is 18.0 Å². The lowest BCUT2D eigenvalue weighted by molar-refractivity contribution is 0.595. The van der Waals surface area contributed by atoms with Crippen LogP contribution in [0.1, 0.15) is 18.9 Å². The number of H-pyrrole nitrogens is 1. The number of sulfone groups is 1. The molecule has 2 rings (SSSR count). The maximum Gasteiger partial charge on any atom is 0.185 e. The number of nitrogens with one attached hydrogen (secondary N) is 2. The van der Waals surface area contributed by atoms with Crippen LogP contribution in [0.5, 0.6) is 0 Å². The molecule has 0 aromatic carbocycles. The Bertz CT molecular complexity index is 633. The third-order valence-corrected chi connectivity index (χ3v) is 5.40. The van der Waals surface area contributed by atoms with Crippen molar-refractivity contribution < 1.29 is 8.42 Å².